The van der Waals surface area contributed by atoms with Gasteiger partial charge in [-0.3, -0.25) is 0 Å². The highest BCUT2D eigenvalue weighted by Gasteiger charge is 2.64. The second-order valence-electron chi connectivity index (χ2n) is 4.79. The van der Waals surface area contributed by atoms with Crippen LogP contribution in [0.5, 0.6) is 0 Å². The van der Waals surface area contributed by atoms with Crippen molar-refractivity contribution in [2.45, 2.75) is 37.1 Å². The molecule has 1 fully saturated rings. The molecule has 2 aliphatic rings. The van der Waals surface area contributed by atoms with Gasteiger partial charge in [0.2, 0.25) is 6.10 Å². The maximum Gasteiger partial charge on any atom is 0.429 e. The van der Waals surface area contributed by atoms with Gasteiger partial charge in [-0.2, -0.15) is 13.2 Å². The van der Waals surface area contributed by atoms with E-state index in [1.165, 1.54) is 0 Å². The van der Waals surface area contributed by atoms with E-state index in [1.54, 1.807) is 12.1 Å². The van der Waals surface area contributed by atoms with E-state index >= 15 is 0 Å². The zero-order valence-corrected chi connectivity index (χ0v) is 10.7. The van der Waals surface area contributed by atoms with E-state index < -0.39 is 23.1 Å². The zero-order chi connectivity index (χ0) is 13.7. The summed E-state index contributed by atoms with van der Waals surface area (Å²) in [6.07, 6.45) is -4.90. The van der Waals surface area contributed by atoms with Crippen LogP contribution in [0.15, 0.2) is 24.3 Å². The average molecular weight is 288 g/mol. The molecule has 0 bridgehead atoms. The number of fused-ring (bicyclic) bond motifs is 2. The molecule has 1 aromatic rings. The summed E-state index contributed by atoms with van der Waals surface area (Å²) in [5, 5.41) is -0.418. The highest BCUT2D eigenvalue weighted by molar-refractivity contribution is 7.79. The van der Waals surface area contributed by atoms with E-state index in [0.29, 0.717) is 12.0 Å². The first-order valence-corrected chi connectivity index (χ1v) is 6.39. The third-order valence-corrected chi connectivity index (χ3v) is 3.85. The van der Waals surface area contributed by atoms with Crippen LogP contribution < -0.4 is 0 Å². The van der Waals surface area contributed by atoms with Gasteiger partial charge in [0.25, 0.3) is 0 Å². The number of hydrogen-bond donors (Lipinski definition) is 0. The molecule has 1 aliphatic heterocycles. The van der Waals surface area contributed by atoms with Crippen molar-refractivity contribution in [2.75, 3.05) is 0 Å². The van der Waals surface area contributed by atoms with Gasteiger partial charge < -0.3 is 9.47 Å². The van der Waals surface area contributed by atoms with Crippen molar-refractivity contribution >= 4 is 17.5 Å². The normalized spacial score (nSPS) is 29.8. The SMILES string of the molecule is FC(F)(F)[C@H]1OC(=S)O[C@@]12CCCc1ccccc12. The Hall–Kier alpha value is -1.30. The molecular formula is C13H11F3O2S. The number of alkyl halides is 3. The fourth-order valence-corrected chi connectivity index (χ4v) is 3.20. The first-order valence-electron chi connectivity index (χ1n) is 5.98. The molecule has 19 heavy (non-hydrogen) atoms. The number of ether oxygens (including phenoxy) is 2. The Kier molecular flexibility index (Phi) is 2.74. The first-order chi connectivity index (χ1) is 8.93. The molecular weight excluding hydrogens is 277 g/mol. The Morgan fingerprint density at radius 2 is 2.00 bits per heavy atom. The molecule has 0 saturated carbocycles. The van der Waals surface area contributed by atoms with Crippen LogP contribution in [-0.4, -0.2) is 17.5 Å². The van der Waals surface area contributed by atoms with Crippen molar-refractivity contribution in [3.8, 4) is 0 Å². The molecule has 6 heteroatoms. The number of hydrogen-bond acceptors (Lipinski definition) is 3. The number of aryl methyl sites for hydroxylation is 1. The fourth-order valence-electron chi connectivity index (χ4n) is 2.95. The summed E-state index contributed by atoms with van der Waals surface area (Å²) in [6, 6.07) is 7.03. The molecule has 3 rings (SSSR count). The molecule has 1 aromatic carbocycles. The van der Waals surface area contributed by atoms with Crippen LogP contribution in [0.4, 0.5) is 13.2 Å². The van der Waals surface area contributed by atoms with E-state index in [1.807, 2.05) is 12.1 Å². The summed E-state index contributed by atoms with van der Waals surface area (Å²) < 4.78 is 49.7. The lowest BCUT2D eigenvalue weighted by molar-refractivity contribution is -0.224. The molecule has 0 unspecified atom stereocenters. The molecule has 102 valence electrons. The van der Waals surface area contributed by atoms with Crippen LogP contribution in [0.2, 0.25) is 0 Å². The van der Waals surface area contributed by atoms with E-state index in [0.717, 1.165) is 12.0 Å². The summed E-state index contributed by atoms with van der Waals surface area (Å²) in [4.78, 5) is 0. The lowest BCUT2D eigenvalue weighted by atomic mass is 9.75. The first kappa shape index (κ1) is 12.7. The Morgan fingerprint density at radius 1 is 1.26 bits per heavy atom. The minimum atomic E-state index is -4.51. The maximum atomic E-state index is 13.2. The Bertz CT molecular complexity index is 529. The van der Waals surface area contributed by atoms with Gasteiger partial charge >= 0.3 is 11.4 Å². The van der Waals surface area contributed by atoms with Crippen molar-refractivity contribution < 1.29 is 22.6 Å². The van der Waals surface area contributed by atoms with E-state index in [9.17, 15) is 13.2 Å². The second-order valence-corrected chi connectivity index (χ2v) is 5.13. The van der Waals surface area contributed by atoms with Gasteiger partial charge in [0.05, 0.1) is 0 Å². The summed E-state index contributed by atoms with van der Waals surface area (Å²) in [7, 11) is 0. The molecule has 0 N–H and O–H groups in total. The minimum absolute atomic E-state index is 0.258. The maximum absolute atomic E-state index is 13.2. The Morgan fingerprint density at radius 3 is 2.74 bits per heavy atom. The number of halogens is 3. The van der Waals surface area contributed by atoms with E-state index in [4.69, 9.17) is 21.7 Å². The minimum Gasteiger partial charge on any atom is -0.441 e. The van der Waals surface area contributed by atoms with Gasteiger partial charge in [-0.1, -0.05) is 24.3 Å². The van der Waals surface area contributed by atoms with Crippen LogP contribution in [0.3, 0.4) is 0 Å². The third-order valence-electron chi connectivity index (χ3n) is 3.67. The molecule has 1 heterocycles. The predicted molar refractivity (Wildman–Crippen MR) is 65.7 cm³/mol. The molecule has 1 saturated heterocycles. The molecule has 2 atom stereocenters. The summed E-state index contributed by atoms with van der Waals surface area (Å²) >= 11 is 4.70. The highest BCUT2D eigenvalue weighted by Crippen LogP contribution is 2.50. The van der Waals surface area contributed by atoms with Crippen molar-refractivity contribution in [1.82, 2.24) is 0 Å². The van der Waals surface area contributed by atoms with Gasteiger partial charge in [-0.05, 0) is 24.8 Å². The standard InChI is InChI=1S/C13H11F3O2S/c14-13(15,16)10-12(18-11(19)17-10)7-3-5-8-4-1-2-6-9(8)12/h1-2,4,6,10H,3,5,7H2/t10-,12+/m0/s1. The number of benzene rings is 1. The molecule has 1 aliphatic carbocycles. The Balaban J connectivity index is 2.15. The number of thiocarbonyl (C=S) groups is 1. The Labute approximate surface area is 113 Å². The molecule has 2 nitrogen and oxygen atoms in total. The smallest absolute Gasteiger partial charge is 0.429 e. The topological polar surface area (TPSA) is 18.5 Å². The van der Waals surface area contributed by atoms with Crippen LogP contribution in [-0.2, 0) is 21.5 Å². The summed E-state index contributed by atoms with van der Waals surface area (Å²) in [6.45, 7) is 0. The van der Waals surface area contributed by atoms with Gasteiger partial charge in [0, 0.05) is 17.8 Å². The summed E-state index contributed by atoms with van der Waals surface area (Å²) in [5.41, 5.74) is -0.0933. The lowest BCUT2D eigenvalue weighted by Crippen LogP contribution is -2.48. The van der Waals surface area contributed by atoms with Gasteiger partial charge in [-0.25, -0.2) is 0 Å². The van der Waals surface area contributed by atoms with Gasteiger partial charge in [-0.15, -0.1) is 0 Å². The van der Waals surface area contributed by atoms with E-state index in [-0.39, 0.29) is 6.42 Å². The van der Waals surface area contributed by atoms with Crippen molar-refractivity contribution in [2.24, 2.45) is 0 Å². The van der Waals surface area contributed by atoms with Crippen LogP contribution >= 0.6 is 12.2 Å². The van der Waals surface area contributed by atoms with Crippen molar-refractivity contribution in [1.29, 1.82) is 0 Å². The lowest BCUT2D eigenvalue weighted by Gasteiger charge is -2.37. The molecule has 0 radical (unpaired) electrons. The van der Waals surface area contributed by atoms with Gasteiger partial charge in [0.1, 0.15) is 0 Å². The highest BCUT2D eigenvalue weighted by atomic mass is 32.1. The third kappa shape index (κ3) is 1.89. The van der Waals surface area contributed by atoms with E-state index in [2.05, 4.69) is 0 Å². The monoisotopic (exact) mass is 288 g/mol. The fraction of sp³-hybridized carbons (Fsp3) is 0.462. The summed E-state index contributed by atoms with van der Waals surface area (Å²) in [5.74, 6) is 0. The largest absolute Gasteiger partial charge is 0.441 e. The van der Waals surface area contributed by atoms with Gasteiger partial charge in [0.15, 0.2) is 5.60 Å². The molecule has 0 aromatic heterocycles. The van der Waals surface area contributed by atoms with Crippen LogP contribution in [0.25, 0.3) is 0 Å². The van der Waals surface area contributed by atoms with Crippen molar-refractivity contribution in [3.63, 3.8) is 0 Å². The second kappa shape index (κ2) is 4.10. The quantitative estimate of drug-likeness (QED) is 0.681. The average Bonchev–Trinajstić information content (AvgIpc) is 2.68. The number of rotatable bonds is 0. The molecule has 0 amide bonds. The molecule has 1 spiro atoms. The zero-order valence-electron chi connectivity index (χ0n) is 9.87. The van der Waals surface area contributed by atoms with Crippen molar-refractivity contribution in [3.05, 3.63) is 35.4 Å². The van der Waals surface area contributed by atoms with Crippen LogP contribution in [0, 0.1) is 0 Å². The predicted octanol–water partition coefficient (Wildman–Crippen LogP) is 3.48. The van der Waals surface area contributed by atoms with Crippen LogP contribution in [0.1, 0.15) is 24.0 Å².